The Bertz CT molecular complexity index is 1260. The highest BCUT2D eigenvalue weighted by Gasteiger charge is 2.13. The Morgan fingerprint density at radius 3 is 2.44 bits per heavy atom. The second-order valence-corrected chi connectivity index (χ2v) is 7.44. The average molecular weight is 455 g/mol. The molecule has 0 aliphatic carbocycles. The van der Waals surface area contributed by atoms with E-state index in [-0.39, 0.29) is 5.69 Å². The topological polar surface area (TPSA) is 105 Å². The van der Waals surface area contributed by atoms with Crippen LogP contribution in [-0.4, -0.2) is 36.7 Å². The predicted molar refractivity (Wildman–Crippen MR) is 122 cm³/mol. The molecule has 0 aliphatic heterocycles. The van der Waals surface area contributed by atoms with Crippen molar-refractivity contribution in [1.29, 1.82) is 0 Å². The number of hydrogen-bond acceptors (Lipinski definition) is 7. The van der Waals surface area contributed by atoms with Gasteiger partial charge in [-0.2, -0.15) is 4.99 Å². The first-order valence-electron chi connectivity index (χ1n) is 9.37. The highest BCUT2D eigenvalue weighted by atomic mass is 32.1. The van der Waals surface area contributed by atoms with Gasteiger partial charge >= 0.3 is 0 Å². The van der Waals surface area contributed by atoms with E-state index in [2.05, 4.69) is 11.6 Å². The fourth-order valence-corrected chi connectivity index (χ4v) is 4.14. The van der Waals surface area contributed by atoms with Gasteiger partial charge < -0.3 is 18.8 Å². The van der Waals surface area contributed by atoms with Crippen molar-refractivity contribution in [1.82, 2.24) is 4.57 Å². The minimum Gasteiger partial charge on any atom is -0.493 e. The Hall–Kier alpha value is -3.92. The molecule has 10 heteroatoms. The summed E-state index contributed by atoms with van der Waals surface area (Å²) < 4.78 is 18.4. The highest BCUT2D eigenvalue weighted by Crippen LogP contribution is 2.38. The van der Waals surface area contributed by atoms with Crippen LogP contribution < -0.4 is 19.0 Å². The van der Waals surface area contributed by atoms with Crippen LogP contribution in [0.1, 0.15) is 5.56 Å². The van der Waals surface area contributed by atoms with Crippen molar-refractivity contribution in [3.63, 3.8) is 0 Å². The summed E-state index contributed by atoms with van der Waals surface area (Å²) in [5.41, 5.74) is 1.37. The van der Waals surface area contributed by atoms with Crippen molar-refractivity contribution in [2.75, 3.05) is 21.3 Å². The number of benzene rings is 2. The van der Waals surface area contributed by atoms with E-state index in [1.54, 1.807) is 34.9 Å². The van der Waals surface area contributed by atoms with Crippen molar-refractivity contribution < 1.29 is 23.9 Å². The molecule has 2 aromatic carbocycles. The van der Waals surface area contributed by atoms with Gasteiger partial charge in [-0.15, -0.1) is 6.58 Å². The smallest absolute Gasteiger partial charge is 0.272 e. The molecule has 3 aromatic rings. The lowest BCUT2D eigenvalue weighted by molar-refractivity contribution is -0.384. The predicted octanol–water partition coefficient (Wildman–Crippen LogP) is 3.96. The number of fused-ring (bicyclic) bond motifs is 1. The maximum absolute atomic E-state index is 12.5. The van der Waals surface area contributed by atoms with E-state index in [1.807, 2.05) is 0 Å². The van der Waals surface area contributed by atoms with Gasteiger partial charge in [-0.05, 0) is 29.8 Å². The van der Waals surface area contributed by atoms with Crippen molar-refractivity contribution in [3.8, 4) is 17.2 Å². The molecule has 0 saturated carbocycles. The third kappa shape index (κ3) is 4.70. The molecule has 0 bridgehead atoms. The monoisotopic (exact) mass is 455 g/mol. The van der Waals surface area contributed by atoms with Gasteiger partial charge in [0.2, 0.25) is 5.75 Å². The van der Waals surface area contributed by atoms with Gasteiger partial charge in [0.1, 0.15) is 0 Å². The standard InChI is InChI=1S/C22H21N3O6S/c1-5-10-24-16-8-7-15(25(27)28)13-19(16)32-22(24)23-20(26)9-6-14-11-17(29-2)21(31-4)18(12-14)30-3/h5-9,11-13H,1,10H2,2-4H3. The Morgan fingerprint density at radius 2 is 1.88 bits per heavy atom. The molecule has 166 valence electrons. The zero-order valence-electron chi connectivity index (χ0n) is 17.7. The SMILES string of the molecule is C=CCn1c(=NC(=O)C=Cc2cc(OC)c(OC)c(OC)c2)sc2cc([N+](=O)[O-])ccc21. The maximum Gasteiger partial charge on any atom is 0.272 e. The van der Waals surface area contributed by atoms with E-state index in [0.29, 0.717) is 38.9 Å². The van der Waals surface area contributed by atoms with Gasteiger partial charge in [0.15, 0.2) is 16.3 Å². The number of ether oxygens (including phenoxy) is 3. The van der Waals surface area contributed by atoms with Gasteiger partial charge in [-0.25, -0.2) is 0 Å². The number of hydrogen-bond donors (Lipinski definition) is 0. The largest absolute Gasteiger partial charge is 0.493 e. The van der Waals surface area contributed by atoms with Crippen LogP contribution in [0.5, 0.6) is 17.2 Å². The summed E-state index contributed by atoms with van der Waals surface area (Å²) in [4.78, 5) is 27.7. The number of nitrogens with zero attached hydrogens (tertiary/aromatic N) is 3. The number of non-ortho nitro benzene ring substituents is 1. The minimum absolute atomic E-state index is 0.0234. The molecule has 32 heavy (non-hydrogen) atoms. The van der Waals surface area contributed by atoms with Gasteiger partial charge in [0.05, 0.1) is 36.5 Å². The molecule has 1 aromatic heterocycles. The summed E-state index contributed by atoms with van der Waals surface area (Å²) in [5, 5.41) is 11.1. The maximum atomic E-state index is 12.5. The van der Waals surface area contributed by atoms with E-state index in [9.17, 15) is 14.9 Å². The highest BCUT2D eigenvalue weighted by molar-refractivity contribution is 7.16. The number of carbonyl (C=O) groups is 1. The lowest BCUT2D eigenvalue weighted by Crippen LogP contribution is -2.15. The number of allylic oxidation sites excluding steroid dienone is 1. The molecule has 1 amide bonds. The number of thiazole rings is 1. The van der Waals surface area contributed by atoms with Crippen LogP contribution >= 0.6 is 11.3 Å². The van der Waals surface area contributed by atoms with Crippen LogP contribution in [0.15, 0.2) is 54.1 Å². The number of carbonyl (C=O) groups excluding carboxylic acids is 1. The minimum atomic E-state index is -0.488. The van der Waals surface area contributed by atoms with Gasteiger partial charge in [0.25, 0.3) is 11.6 Å². The lowest BCUT2D eigenvalue weighted by Gasteiger charge is -2.12. The van der Waals surface area contributed by atoms with E-state index < -0.39 is 10.8 Å². The van der Waals surface area contributed by atoms with Crippen LogP contribution in [0.25, 0.3) is 16.3 Å². The van der Waals surface area contributed by atoms with Gasteiger partial charge in [-0.3, -0.25) is 14.9 Å². The van der Waals surface area contributed by atoms with Crippen LogP contribution in [0, 0.1) is 10.1 Å². The number of aromatic nitrogens is 1. The first-order chi connectivity index (χ1) is 15.4. The summed E-state index contributed by atoms with van der Waals surface area (Å²) >= 11 is 1.20. The Morgan fingerprint density at radius 1 is 1.19 bits per heavy atom. The third-order valence-corrected chi connectivity index (χ3v) is 5.54. The zero-order chi connectivity index (χ0) is 23.3. The summed E-state index contributed by atoms with van der Waals surface area (Å²) in [5.74, 6) is 0.891. The molecule has 0 spiro atoms. The number of rotatable bonds is 8. The molecule has 1 heterocycles. The second-order valence-electron chi connectivity index (χ2n) is 6.44. The molecule has 0 atom stereocenters. The molecule has 0 saturated heterocycles. The summed E-state index contributed by atoms with van der Waals surface area (Å²) in [6.07, 6.45) is 4.58. The lowest BCUT2D eigenvalue weighted by atomic mass is 10.1. The van der Waals surface area contributed by atoms with Crippen molar-refractivity contribution in [2.24, 2.45) is 4.99 Å². The summed E-state index contributed by atoms with van der Waals surface area (Å²) in [6, 6.07) is 7.95. The molecule has 0 fully saturated rings. The van der Waals surface area contributed by atoms with E-state index in [4.69, 9.17) is 14.2 Å². The first-order valence-corrected chi connectivity index (χ1v) is 10.2. The molecule has 3 rings (SSSR count). The fraction of sp³-hybridized carbons (Fsp3) is 0.182. The van der Waals surface area contributed by atoms with Crippen molar-refractivity contribution >= 4 is 39.2 Å². The van der Waals surface area contributed by atoms with E-state index >= 15 is 0 Å². The molecule has 0 N–H and O–H groups in total. The summed E-state index contributed by atoms with van der Waals surface area (Å²) in [7, 11) is 4.53. The van der Waals surface area contributed by atoms with Crippen molar-refractivity contribution in [3.05, 3.63) is 69.5 Å². The fourth-order valence-electron chi connectivity index (χ4n) is 3.06. The van der Waals surface area contributed by atoms with Crippen LogP contribution in [-0.2, 0) is 11.3 Å². The molecular formula is C22H21N3O6S. The molecule has 0 radical (unpaired) electrons. The molecule has 0 unspecified atom stereocenters. The Balaban J connectivity index is 1.99. The zero-order valence-corrected chi connectivity index (χ0v) is 18.5. The van der Waals surface area contributed by atoms with Gasteiger partial charge in [0, 0.05) is 24.8 Å². The van der Waals surface area contributed by atoms with Crippen LogP contribution in [0.4, 0.5) is 5.69 Å². The van der Waals surface area contributed by atoms with Gasteiger partial charge in [-0.1, -0.05) is 17.4 Å². The molecule has 0 aliphatic rings. The third-order valence-electron chi connectivity index (χ3n) is 4.50. The summed E-state index contributed by atoms with van der Waals surface area (Å²) in [6.45, 7) is 4.14. The number of methoxy groups -OCH3 is 3. The molecular weight excluding hydrogens is 434 g/mol. The van der Waals surface area contributed by atoms with E-state index in [1.165, 1.54) is 50.9 Å². The van der Waals surface area contributed by atoms with Crippen molar-refractivity contribution in [2.45, 2.75) is 6.54 Å². The van der Waals surface area contributed by atoms with Crippen LogP contribution in [0.2, 0.25) is 0 Å². The van der Waals surface area contributed by atoms with Crippen LogP contribution in [0.3, 0.4) is 0 Å². The number of nitro benzene ring substituents is 1. The number of nitro groups is 1. The normalized spacial score (nSPS) is 11.7. The quantitative estimate of drug-likeness (QED) is 0.220. The molecule has 9 nitrogen and oxygen atoms in total. The first kappa shape index (κ1) is 22.8. The second kappa shape index (κ2) is 9.92. The number of amides is 1. The van der Waals surface area contributed by atoms with E-state index in [0.717, 1.165) is 5.52 Å². The Kier molecular flexibility index (Phi) is 7.06. The Labute approximate surface area is 187 Å². The average Bonchev–Trinajstić information content (AvgIpc) is 3.13.